The van der Waals surface area contributed by atoms with E-state index in [0.717, 1.165) is 34.7 Å². The van der Waals surface area contributed by atoms with Gasteiger partial charge in [0.1, 0.15) is 16.7 Å². The molecule has 0 radical (unpaired) electrons. The number of allylic oxidation sites excluding steroid dienone is 1. The molecule has 0 spiro atoms. The van der Waals surface area contributed by atoms with Gasteiger partial charge in [-0.1, -0.05) is 24.8 Å². The predicted molar refractivity (Wildman–Crippen MR) is 131 cm³/mol. The van der Waals surface area contributed by atoms with Crippen LogP contribution < -0.4 is 5.32 Å². The molecule has 1 aliphatic heterocycles. The van der Waals surface area contributed by atoms with Gasteiger partial charge in [-0.15, -0.1) is 11.3 Å². The molecule has 1 saturated heterocycles. The van der Waals surface area contributed by atoms with E-state index in [-0.39, 0.29) is 17.7 Å². The van der Waals surface area contributed by atoms with Crippen LogP contribution in [0.25, 0.3) is 16.6 Å². The molecular weight excluding hydrogens is 450 g/mol. The summed E-state index contributed by atoms with van der Waals surface area (Å²) in [7, 11) is 0. The Balaban J connectivity index is 1.21. The first-order chi connectivity index (χ1) is 16.5. The van der Waals surface area contributed by atoms with E-state index in [1.54, 1.807) is 23.6 Å². The summed E-state index contributed by atoms with van der Waals surface area (Å²) in [5.41, 5.74) is 4.69. The fraction of sp³-hybridized carbons (Fsp3) is 0.240. The second-order valence-corrected chi connectivity index (χ2v) is 9.27. The van der Waals surface area contributed by atoms with Crippen LogP contribution in [0.3, 0.4) is 0 Å². The molecule has 5 rings (SSSR count). The van der Waals surface area contributed by atoms with Gasteiger partial charge in [0.25, 0.3) is 11.8 Å². The molecule has 2 aromatic carbocycles. The Morgan fingerprint density at radius 1 is 1.12 bits per heavy atom. The van der Waals surface area contributed by atoms with Crippen LogP contribution in [0.4, 0.5) is 5.69 Å². The number of amides is 2. The van der Waals surface area contributed by atoms with Crippen molar-refractivity contribution in [3.63, 3.8) is 0 Å². The number of rotatable bonds is 5. The van der Waals surface area contributed by atoms with Crippen LogP contribution in [0, 0.1) is 0 Å². The van der Waals surface area contributed by atoms with Crippen molar-refractivity contribution < 1.29 is 14.2 Å². The van der Waals surface area contributed by atoms with Crippen molar-refractivity contribution in [1.82, 2.24) is 20.2 Å². The fourth-order valence-corrected chi connectivity index (χ4v) is 5.13. The van der Waals surface area contributed by atoms with Crippen LogP contribution in [-0.2, 0) is 0 Å². The maximum absolute atomic E-state index is 12.9. The number of carbonyl (C=O) groups excluding carboxylic acids is 2. The lowest BCUT2D eigenvalue weighted by Gasteiger charge is -2.31. The zero-order valence-corrected chi connectivity index (χ0v) is 19.5. The second kappa shape index (κ2) is 9.18. The van der Waals surface area contributed by atoms with Gasteiger partial charge in [0, 0.05) is 41.2 Å². The van der Waals surface area contributed by atoms with Gasteiger partial charge in [-0.3, -0.25) is 9.59 Å². The highest BCUT2D eigenvalue weighted by atomic mass is 32.1. The Morgan fingerprint density at radius 2 is 1.88 bits per heavy atom. The summed E-state index contributed by atoms with van der Waals surface area (Å²) in [4.78, 5) is 32.2. The summed E-state index contributed by atoms with van der Waals surface area (Å²) in [6.07, 6.45) is 1.60. The van der Waals surface area contributed by atoms with Gasteiger partial charge in [-0.05, 0) is 59.9 Å². The topological polar surface area (TPSA) is 101 Å². The van der Waals surface area contributed by atoms with Crippen molar-refractivity contribution in [2.75, 3.05) is 18.4 Å². The summed E-state index contributed by atoms with van der Waals surface area (Å²) in [6, 6.07) is 12.8. The van der Waals surface area contributed by atoms with Gasteiger partial charge in [0.05, 0.1) is 5.01 Å². The van der Waals surface area contributed by atoms with Crippen molar-refractivity contribution in [2.24, 2.45) is 0 Å². The van der Waals surface area contributed by atoms with Gasteiger partial charge in [-0.2, -0.15) is 0 Å². The van der Waals surface area contributed by atoms with E-state index in [2.05, 4.69) is 27.2 Å². The molecule has 0 atom stereocenters. The van der Waals surface area contributed by atoms with E-state index in [1.165, 1.54) is 11.3 Å². The lowest BCUT2D eigenvalue weighted by molar-refractivity contribution is 0.0713. The molecule has 4 aromatic rings. The highest BCUT2D eigenvalue weighted by Crippen LogP contribution is 2.31. The number of fused-ring (bicyclic) bond motifs is 1. The number of thiazole rings is 1. The highest BCUT2D eigenvalue weighted by molar-refractivity contribution is 7.10. The van der Waals surface area contributed by atoms with E-state index in [0.29, 0.717) is 35.4 Å². The minimum absolute atomic E-state index is 0.0290. The number of nitrogens with one attached hydrogen (secondary N) is 1. The zero-order valence-electron chi connectivity index (χ0n) is 18.7. The molecule has 0 bridgehead atoms. The van der Waals surface area contributed by atoms with E-state index >= 15 is 0 Å². The first kappa shape index (κ1) is 22.0. The number of piperidine rings is 1. The molecule has 3 heterocycles. The van der Waals surface area contributed by atoms with E-state index in [9.17, 15) is 9.59 Å². The van der Waals surface area contributed by atoms with E-state index in [1.807, 2.05) is 36.1 Å². The lowest BCUT2D eigenvalue weighted by Crippen LogP contribution is -2.37. The van der Waals surface area contributed by atoms with Gasteiger partial charge >= 0.3 is 0 Å². The minimum atomic E-state index is -0.235. The normalized spacial score (nSPS) is 14.3. The molecule has 0 unspecified atom stereocenters. The van der Waals surface area contributed by atoms with Crippen molar-refractivity contribution in [2.45, 2.75) is 25.7 Å². The van der Waals surface area contributed by atoms with Gasteiger partial charge in [0.15, 0.2) is 0 Å². The Bertz CT molecular complexity index is 1380. The third kappa shape index (κ3) is 4.34. The summed E-state index contributed by atoms with van der Waals surface area (Å²) in [5.74, 6) is -0.0409. The molecule has 1 N–H and O–H groups in total. The van der Waals surface area contributed by atoms with Crippen LogP contribution >= 0.6 is 11.3 Å². The fourth-order valence-electron chi connectivity index (χ4n) is 4.16. The maximum Gasteiger partial charge on any atom is 0.275 e. The first-order valence-electron chi connectivity index (χ1n) is 11.0. The lowest BCUT2D eigenvalue weighted by atomic mass is 9.97. The van der Waals surface area contributed by atoms with Crippen molar-refractivity contribution in [1.29, 1.82) is 0 Å². The Hall–Kier alpha value is -3.85. The minimum Gasteiger partial charge on any atom is -0.339 e. The second-order valence-electron chi connectivity index (χ2n) is 8.39. The molecule has 1 aliphatic rings. The molecule has 0 saturated carbocycles. The Labute approximate surface area is 200 Å². The molecule has 0 aliphatic carbocycles. The molecule has 172 valence electrons. The summed E-state index contributed by atoms with van der Waals surface area (Å²) in [5, 5.41) is 13.3. The van der Waals surface area contributed by atoms with Crippen LogP contribution in [0.15, 0.2) is 59.1 Å². The number of nitrogens with zero attached hydrogens (tertiary/aromatic N) is 4. The number of hydrogen-bond acceptors (Lipinski definition) is 7. The monoisotopic (exact) mass is 473 g/mol. The average Bonchev–Trinajstić information content (AvgIpc) is 3.53. The zero-order chi connectivity index (χ0) is 23.7. The number of carbonyl (C=O) groups is 2. The number of anilines is 1. The van der Waals surface area contributed by atoms with E-state index in [4.69, 9.17) is 4.63 Å². The largest absolute Gasteiger partial charge is 0.339 e. The molecule has 8 nitrogen and oxygen atoms in total. The van der Waals surface area contributed by atoms with Crippen LogP contribution in [-0.4, -0.2) is 45.1 Å². The smallest absolute Gasteiger partial charge is 0.275 e. The summed E-state index contributed by atoms with van der Waals surface area (Å²) >= 11 is 1.50. The van der Waals surface area contributed by atoms with Crippen molar-refractivity contribution in [3.05, 3.63) is 76.3 Å². The van der Waals surface area contributed by atoms with Crippen molar-refractivity contribution >= 4 is 45.4 Å². The third-order valence-electron chi connectivity index (χ3n) is 6.02. The number of aromatic nitrogens is 3. The Morgan fingerprint density at radius 3 is 2.68 bits per heavy atom. The molecule has 2 amide bonds. The van der Waals surface area contributed by atoms with Crippen molar-refractivity contribution in [3.8, 4) is 0 Å². The van der Waals surface area contributed by atoms with Gasteiger partial charge in [0.2, 0.25) is 0 Å². The SMILES string of the molecule is C=C(C)c1ccccc1NC(=O)c1csc(C2CCN(C(=O)c3ccc4nonc4c3)CC2)n1. The Kier molecular flexibility index (Phi) is 5.93. The predicted octanol–water partition coefficient (Wildman–Crippen LogP) is 4.98. The van der Waals surface area contributed by atoms with Crippen LogP contribution in [0.2, 0.25) is 0 Å². The standard InChI is InChI=1S/C25H23N5O3S/c1-15(2)18-5-3-4-6-19(18)26-23(31)22-14-34-24(27-22)16-9-11-30(12-10-16)25(32)17-7-8-20-21(13-17)29-33-28-20/h3-8,13-14,16H,1,9-12H2,2H3,(H,26,31). The number of benzene rings is 2. The maximum atomic E-state index is 12.9. The average molecular weight is 474 g/mol. The number of para-hydroxylation sites is 1. The van der Waals surface area contributed by atoms with Gasteiger partial charge in [-0.25, -0.2) is 9.61 Å². The third-order valence-corrected chi connectivity index (χ3v) is 7.03. The molecule has 9 heteroatoms. The van der Waals surface area contributed by atoms with Crippen LogP contribution in [0.1, 0.15) is 57.1 Å². The molecule has 1 fully saturated rings. The molecule has 2 aromatic heterocycles. The number of hydrogen-bond donors (Lipinski definition) is 1. The van der Waals surface area contributed by atoms with Gasteiger partial charge < -0.3 is 10.2 Å². The number of likely N-dealkylation sites (tertiary alicyclic amines) is 1. The van der Waals surface area contributed by atoms with Crippen LogP contribution in [0.5, 0.6) is 0 Å². The molecular formula is C25H23N5O3S. The highest BCUT2D eigenvalue weighted by Gasteiger charge is 2.27. The summed E-state index contributed by atoms with van der Waals surface area (Å²) < 4.78 is 4.71. The summed E-state index contributed by atoms with van der Waals surface area (Å²) in [6.45, 7) is 7.15. The molecule has 34 heavy (non-hydrogen) atoms. The quantitative estimate of drug-likeness (QED) is 0.438. The van der Waals surface area contributed by atoms with E-state index < -0.39 is 0 Å². The first-order valence-corrected chi connectivity index (χ1v) is 11.9.